The molecule has 0 aromatic heterocycles. The maximum absolute atomic E-state index is 12.7. The van der Waals surface area contributed by atoms with Gasteiger partial charge in [0.25, 0.3) is 5.91 Å². The number of amides is 1. The van der Waals surface area contributed by atoms with Crippen LogP contribution in [0.5, 0.6) is 11.5 Å². The van der Waals surface area contributed by atoms with E-state index in [9.17, 15) is 10.1 Å². The number of nitriles is 1. The largest absolute Gasteiger partial charge is 0.490 e. The summed E-state index contributed by atoms with van der Waals surface area (Å²) >= 11 is 6.11. The van der Waals surface area contributed by atoms with E-state index in [0.717, 1.165) is 11.1 Å². The van der Waals surface area contributed by atoms with Crippen LogP contribution in [-0.4, -0.2) is 19.1 Å². The molecule has 2 aromatic rings. The maximum atomic E-state index is 12.7. The van der Waals surface area contributed by atoms with Crippen molar-refractivity contribution in [3.05, 3.63) is 70.3 Å². The Morgan fingerprint density at radius 1 is 1.27 bits per heavy atom. The zero-order valence-electron chi connectivity index (χ0n) is 17.4. The van der Waals surface area contributed by atoms with Gasteiger partial charge in [0, 0.05) is 16.3 Å². The number of hydrogen-bond donors (Lipinski definition) is 1. The standard InChI is InChI=1S/C24H25ClN2O3/c1-5-9-18-12-17(14-22(29-6-2)23(18)30-7-3)13-19(15-26)24(28)27-21-11-8-10-20(25)16(21)4/h5,8,10-14H,1,6-7,9H2,2-4H3,(H,27,28)/b19-13+. The van der Waals surface area contributed by atoms with Crippen molar-refractivity contribution < 1.29 is 14.3 Å². The molecule has 156 valence electrons. The number of carbonyl (C=O) groups is 1. The Bertz CT molecular complexity index is 1010. The number of ether oxygens (including phenoxy) is 2. The Hall–Kier alpha value is -3.23. The highest BCUT2D eigenvalue weighted by atomic mass is 35.5. The monoisotopic (exact) mass is 424 g/mol. The molecule has 0 aliphatic carbocycles. The predicted octanol–water partition coefficient (Wildman–Crippen LogP) is 5.72. The number of nitrogens with zero attached hydrogens (tertiary/aromatic N) is 1. The molecule has 0 aliphatic rings. The van der Waals surface area contributed by atoms with Gasteiger partial charge in [-0.15, -0.1) is 6.58 Å². The third kappa shape index (κ3) is 5.65. The van der Waals surface area contributed by atoms with E-state index in [1.807, 2.05) is 26.0 Å². The fourth-order valence-corrected chi connectivity index (χ4v) is 3.07. The van der Waals surface area contributed by atoms with Gasteiger partial charge in [0.15, 0.2) is 11.5 Å². The van der Waals surface area contributed by atoms with E-state index in [1.54, 1.807) is 37.3 Å². The summed E-state index contributed by atoms with van der Waals surface area (Å²) in [6.45, 7) is 10.3. The molecule has 0 unspecified atom stereocenters. The van der Waals surface area contributed by atoms with Gasteiger partial charge in [-0.3, -0.25) is 4.79 Å². The van der Waals surface area contributed by atoms with Crippen LogP contribution in [0.4, 0.5) is 5.69 Å². The van der Waals surface area contributed by atoms with Crippen LogP contribution in [0.3, 0.4) is 0 Å². The van der Waals surface area contributed by atoms with E-state index in [-0.39, 0.29) is 5.57 Å². The minimum Gasteiger partial charge on any atom is -0.490 e. The number of hydrogen-bond acceptors (Lipinski definition) is 4. The smallest absolute Gasteiger partial charge is 0.266 e. The van der Waals surface area contributed by atoms with Crippen molar-refractivity contribution in [2.75, 3.05) is 18.5 Å². The Morgan fingerprint density at radius 3 is 2.63 bits per heavy atom. The number of nitrogens with one attached hydrogen (secondary N) is 1. The normalized spacial score (nSPS) is 10.8. The van der Waals surface area contributed by atoms with Crippen LogP contribution in [0.15, 0.2) is 48.6 Å². The molecule has 30 heavy (non-hydrogen) atoms. The predicted molar refractivity (Wildman–Crippen MR) is 121 cm³/mol. The lowest BCUT2D eigenvalue weighted by Gasteiger charge is -2.16. The molecule has 0 heterocycles. The lowest BCUT2D eigenvalue weighted by molar-refractivity contribution is -0.112. The first-order valence-corrected chi connectivity index (χ1v) is 10.0. The zero-order chi connectivity index (χ0) is 22.1. The quantitative estimate of drug-likeness (QED) is 0.317. The van der Waals surface area contributed by atoms with Crippen LogP contribution in [0, 0.1) is 18.3 Å². The summed E-state index contributed by atoms with van der Waals surface area (Å²) in [5.41, 5.74) is 2.78. The van der Waals surface area contributed by atoms with E-state index in [1.165, 1.54) is 6.08 Å². The molecule has 5 nitrogen and oxygen atoms in total. The number of carbonyl (C=O) groups excluding carboxylic acids is 1. The Balaban J connectivity index is 2.44. The molecule has 0 radical (unpaired) electrons. The number of allylic oxidation sites excluding steroid dienone is 1. The van der Waals surface area contributed by atoms with E-state index in [4.69, 9.17) is 21.1 Å². The zero-order valence-corrected chi connectivity index (χ0v) is 18.2. The van der Waals surface area contributed by atoms with Crippen LogP contribution in [0.1, 0.15) is 30.5 Å². The summed E-state index contributed by atoms with van der Waals surface area (Å²) in [7, 11) is 0. The Morgan fingerprint density at radius 2 is 2.00 bits per heavy atom. The summed E-state index contributed by atoms with van der Waals surface area (Å²) in [4.78, 5) is 12.7. The second-order valence-electron chi connectivity index (χ2n) is 6.40. The molecule has 2 aromatic carbocycles. The first kappa shape index (κ1) is 23.1. The van der Waals surface area contributed by atoms with Crippen LogP contribution >= 0.6 is 11.6 Å². The number of benzene rings is 2. The average molecular weight is 425 g/mol. The van der Waals surface area contributed by atoms with Crippen molar-refractivity contribution in [2.24, 2.45) is 0 Å². The second-order valence-corrected chi connectivity index (χ2v) is 6.81. The van der Waals surface area contributed by atoms with Crippen molar-refractivity contribution >= 4 is 29.3 Å². The molecular weight excluding hydrogens is 400 g/mol. The topological polar surface area (TPSA) is 71.4 Å². The van der Waals surface area contributed by atoms with E-state index >= 15 is 0 Å². The van der Waals surface area contributed by atoms with Gasteiger partial charge in [0.05, 0.1) is 13.2 Å². The molecule has 0 fully saturated rings. The minimum absolute atomic E-state index is 0.0365. The maximum Gasteiger partial charge on any atom is 0.266 e. The molecule has 2 rings (SSSR count). The van der Waals surface area contributed by atoms with Gasteiger partial charge >= 0.3 is 0 Å². The first-order chi connectivity index (χ1) is 14.4. The lowest BCUT2D eigenvalue weighted by Crippen LogP contribution is -2.14. The van der Waals surface area contributed by atoms with Crippen molar-refractivity contribution in [3.8, 4) is 17.6 Å². The minimum atomic E-state index is -0.514. The van der Waals surface area contributed by atoms with Gasteiger partial charge in [-0.25, -0.2) is 0 Å². The van der Waals surface area contributed by atoms with Gasteiger partial charge in [-0.1, -0.05) is 23.7 Å². The third-order valence-electron chi connectivity index (χ3n) is 4.30. The molecule has 0 aliphatic heterocycles. The molecule has 0 saturated heterocycles. The van der Waals surface area contributed by atoms with Crippen molar-refractivity contribution in [1.29, 1.82) is 5.26 Å². The first-order valence-electron chi connectivity index (χ1n) is 9.66. The number of anilines is 1. The van der Waals surface area contributed by atoms with Gasteiger partial charge < -0.3 is 14.8 Å². The molecule has 0 bridgehead atoms. The molecule has 1 N–H and O–H groups in total. The van der Waals surface area contributed by atoms with Gasteiger partial charge in [0.1, 0.15) is 11.6 Å². The summed E-state index contributed by atoms with van der Waals surface area (Å²) in [5.74, 6) is 0.697. The van der Waals surface area contributed by atoms with Gasteiger partial charge in [0.2, 0.25) is 0 Å². The van der Waals surface area contributed by atoms with Crippen LogP contribution < -0.4 is 14.8 Å². The van der Waals surface area contributed by atoms with Crippen LogP contribution in [0.25, 0.3) is 6.08 Å². The highest BCUT2D eigenvalue weighted by Gasteiger charge is 2.15. The lowest BCUT2D eigenvalue weighted by atomic mass is 10.0. The second kappa shape index (κ2) is 11.1. The summed E-state index contributed by atoms with van der Waals surface area (Å²) < 4.78 is 11.5. The van der Waals surface area contributed by atoms with Crippen molar-refractivity contribution in [2.45, 2.75) is 27.2 Å². The molecule has 0 atom stereocenters. The average Bonchev–Trinajstić information content (AvgIpc) is 2.72. The fraction of sp³-hybridized carbons (Fsp3) is 0.250. The van der Waals surface area contributed by atoms with Gasteiger partial charge in [-0.2, -0.15) is 5.26 Å². The van der Waals surface area contributed by atoms with E-state index < -0.39 is 5.91 Å². The third-order valence-corrected chi connectivity index (χ3v) is 4.71. The van der Waals surface area contributed by atoms with E-state index in [0.29, 0.717) is 47.4 Å². The number of halogens is 1. The highest BCUT2D eigenvalue weighted by molar-refractivity contribution is 6.31. The summed E-state index contributed by atoms with van der Waals surface area (Å²) in [5, 5.41) is 12.9. The summed E-state index contributed by atoms with van der Waals surface area (Å²) in [6, 6.07) is 10.8. The molecular formula is C24H25ClN2O3. The molecule has 6 heteroatoms. The SMILES string of the molecule is C=CCc1cc(/C=C(\C#N)C(=O)Nc2cccc(Cl)c2C)cc(OCC)c1OCC. The van der Waals surface area contributed by atoms with Crippen LogP contribution in [0.2, 0.25) is 5.02 Å². The number of rotatable bonds is 9. The highest BCUT2D eigenvalue weighted by Crippen LogP contribution is 2.35. The molecule has 1 amide bonds. The summed E-state index contributed by atoms with van der Waals surface area (Å²) in [6.07, 6.45) is 3.85. The Kier molecular flexibility index (Phi) is 8.52. The van der Waals surface area contributed by atoms with Crippen LogP contribution in [-0.2, 0) is 11.2 Å². The molecule has 0 saturated carbocycles. The Labute approximate surface area is 182 Å². The van der Waals surface area contributed by atoms with Crippen molar-refractivity contribution in [3.63, 3.8) is 0 Å². The van der Waals surface area contributed by atoms with Crippen molar-refractivity contribution in [1.82, 2.24) is 0 Å². The fourth-order valence-electron chi connectivity index (χ4n) is 2.89. The molecule has 0 spiro atoms. The van der Waals surface area contributed by atoms with E-state index in [2.05, 4.69) is 11.9 Å². The van der Waals surface area contributed by atoms with Gasteiger partial charge in [-0.05, 0) is 68.7 Å².